The van der Waals surface area contributed by atoms with E-state index in [1.807, 2.05) is 18.2 Å². The first-order valence-corrected chi connectivity index (χ1v) is 6.18. The van der Waals surface area contributed by atoms with Gasteiger partial charge in [-0.1, -0.05) is 30.3 Å². The summed E-state index contributed by atoms with van der Waals surface area (Å²) in [6, 6.07) is 11.0. The van der Waals surface area contributed by atoms with E-state index in [1.165, 1.54) is 0 Å². The van der Waals surface area contributed by atoms with Crippen LogP contribution in [-0.2, 0) is 0 Å². The summed E-state index contributed by atoms with van der Waals surface area (Å²) in [7, 11) is 0. The van der Waals surface area contributed by atoms with Crippen molar-refractivity contribution in [2.24, 2.45) is 5.73 Å². The summed E-state index contributed by atoms with van der Waals surface area (Å²) in [6.45, 7) is 0.324. The van der Waals surface area contributed by atoms with Crippen LogP contribution in [0.5, 0.6) is 5.75 Å². The van der Waals surface area contributed by atoms with E-state index in [4.69, 9.17) is 10.5 Å². The van der Waals surface area contributed by atoms with E-state index in [1.54, 1.807) is 12.1 Å². The van der Waals surface area contributed by atoms with Gasteiger partial charge in [0.05, 0.1) is 0 Å². The Hall–Kier alpha value is -2.01. The number of ether oxygens (including phenoxy) is 1. The monoisotopic (exact) mass is 281 g/mol. The summed E-state index contributed by atoms with van der Waals surface area (Å²) in [5.74, 6) is -4.44. The Morgan fingerprint density at radius 3 is 2.30 bits per heavy atom. The van der Waals surface area contributed by atoms with Crippen molar-refractivity contribution >= 4 is 0 Å². The molecule has 0 saturated carbocycles. The minimum Gasteiger partial charge on any atom is -0.482 e. The largest absolute Gasteiger partial charge is 0.482 e. The fourth-order valence-electron chi connectivity index (χ4n) is 1.87. The van der Waals surface area contributed by atoms with Crippen LogP contribution in [0.2, 0.25) is 0 Å². The maximum atomic E-state index is 13.6. The second kappa shape index (κ2) is 6.43. The van der Waals surface area contributed by atoms with Gasteiger partial charge >= 0.3 is 0 Å². The zero-order valence-corrected chi connectivity index (χ0v) is 10.7. The summed E-state index contributed by atoms with van der Waals surface area (Å²) in [6.07, 6.45) is -0.0804. The molecule has 0 aliphatic rings. The van der Waals surface area contributed by atoms with E-state index in [0.717, 1.165) is 17.7 Å². The molecule has 0 aliphatic heterocycles. The fourth-order valence-corrected chi connectivity index (χ4v) is 1.87. The van der Waals surface area contributed by atoms with Crippen LogP contribution in [0, 0.1) is 17.5 Å². The van der Waals surface area contributed by atoms with Crippen molar-refractivity contribution in [1.29, 1.82) is 0 Å². The number of hydrogen-bond donors (Lipinski definition) is 1. The molecule has 0 bridgehead atoms. The van der Waals surface area contributed by atoms with Crippen LogP contribution >= 0.6 is 0 Å². The maximum absolute atomic E-state index is 13.6. The Kier molecular flexibility index (Phi) is 4.63. The third kappa shape index (κ3) is 3.11. The highest BCUT2D eigenvalue weighted by Gasteiger charge is 2.19. The molecule has 0 aliphatic carbocycles. The summed E-state index contributed by atoms with van der Waals surface area (Å²) < 4.78 is 45.1. The summed E-state index contributed by atoms with van der Waals surface area (Å²) >= 11 is 0. The molecular formula is C15H14F3NO. The van der Waals surface area contributed by atoms with Crippen molar-refractivity contribution in [2.45, 2.75) is 12.5 Å². The summed E-state index contributed by atoms with van der Waals surface area (Å²) in [5.41, 5.74) is 6.30. The molecule has 2 rings (SSSR count). The van der Waals surface area contributed by atoms with Crippen LogP contribution in [0.25, 0.3) is 0 Å². The topological polar surface area (TPSA) is 35.2 Å². The SMILES string of the molecule is NCCC(Oc1ccc(F)c(F)c1F)c1ccccc1. The van der Waals surface area contributed by atoms with Gasteiger partial charge in [-0.15, -0.1) is 0 Å². The van der Waals surface area contributed by atoms with Crippen LogP contribution in [0.15, 0.2) is 42.5 Å². The van der Waals surface area contributed by atoms with Crippen molar-refractivity contribution in [3.05, 3.63) is 65.5 Å². The van der Waals surface area contributed by atoms with E-state index in [-0.39, 0.29) is 5.75 Å². The van der Waals surface area contributed by atoms with Gasteiger partial charge in [-0.2, -0.15) is 4.39 Å². The number of hydrogen-bond acceptors (Lipinski definition) is 2. The average molecular weight is 281 g/mol. The molecule has 1 unspecified atom stereocenters. The highest BCUT2D eigenvalue weighted by Crippen LogP contribution is 2.28. The Morgan fingerprint density at radius 2 is 1.65 bits per heavy atom. The van der Waals surface area contributed by atoms with Crippen molar-refractivity contribution in [3.8, 4) is 5.75 Å². The predicted octanol–water partition coefficient (Wildman–Crippen LogP) is 3.57. The zero-order chi connectivity index (χ0) is 14.5. The summed E-state index contributed by atoms with van der Waals surface area (Å²) in [4.78, 5) is 0. The fraction of sp³-hybridized carbons (Fsp3) is 0.200. The van der Waals surface area contributed by atoms with Crippen LogP contribution in [-0.4, -0.2) is 6.54 Å². The van der Waals surface area contributed by atoms with Gasteiger partial charge in [0.15, 0.2) is 17.4 Å². The van der Waals surface area contributed by atoms with Gasteiger partial charge in [0.1, 0.15) is 6.10 Å². The lowest BCUT2D eigenvalue weighted by Gasteiger charge is -2.19. The van der Waals surface area contributed by atoms with Gasteiger partial charge in [0.25, 0.3) is 0 Å². The molecule has 0 heterocycles. The van der Waals surface area contributed by atoms with Gasteiger partial charge in [-0.25, -0.2) is 8.78 Å². The van der Waals surface area contributed by atoms with Crippen molar-refractivity contribution < 1.29 is 17.9 Å². The normalized spacial score (nSPS) is 12.2. The second-order valence-electron chi connectivity index (χ2n) is 4.27. The smallest absolute Gasteiger partial charge is 0.203 e. The number of benzene rings is 2. The van der Waals surface area contributed by atoms with E-state index < -0.39 is 23.6 Å². The van der Waals surface area contributed by atoms with Crippen LogP contribution in [0.4, 0.5) is 13.2 Å². The first-order chi connectivity index (χ1) is 9.63. The molecule has 0 radical (unpaired) electrons. The molecule has 106 valence electrons. The van der Waals surface area contributed by atoms with E-state index in [0.29, 0.717) is 13.0 Å². The molecule has 1 atom stereocenters. The van der Waals surface area contributed by atoms with Crippen molar-refractivity contribution in [1.82, 2.24) is 0 Å². The Bertz CT molecular complexity index is 575. The molecule has 20 heavy (non-hydrogen) atoms. The van der Waals surface area contributed by atoms with Gasteiger partial charge in [-0.05, 0) is 24.2 Å². The maximum Gasteiger partial charge on any atom is 0.203 e. The van der Waals surface area contributed by atoms with Crippen molar-refractivity contribution in [2.75, 3.05) is 6.54 Å². The Labute approximate surface area is 115 Å². The minimum absolute atomic E-state index is 0.324. The molecule has 0 amide bonds. The lowest BCUT2D eigenvalue weighted by molar-refractivity contribution is 0.185. The molecular weight excluding hydrogens is 267 g/mol. The van der Waals surface area contributed by atoms with Crippen molar-refractivity contribution in [3.63, 3.8) is 0 Å². The molecule has 2 aromatic carbocycles. The predicted molar refractivity (Wildman–Crippen MR) is 69.8 cm³/mol. The van der Waals surface area contributed by atoms with E-state index in [2.05, 4.69) is 0 Å². The van der Waals surface area contributed by atoms with Gasteiger partial charge in [0, 0.05) is 6.42 Å². The average Bonchev–Trinajstić information content (AvgIpc) is 2.48. The lowest BCUT2D eigenvalue weighted by atomic mass is 10.1. The standard InChI is InChI=1S/C15H14F3NO/c16-11-6-7-13(15(18)14(11)17)20-12(8-9-19)10-4-2-1-3-5-10/h1-7,12H,8-9,19H2. The Morgan fingerprint density at radius 1 is 0.950 bits per heavy atom. The zero-order valence-electron chi connectivity index (χ0n) is 10.7. The summed E-state index contributed by atoms with van der Waals surface area (Å²) in [5, 5.41) is 0. The van der Waals surface area contributed by atoms with Crippen LogP contribution < -0.4 is 10.5 Å². The van der Waals surface area contributed by atoms with E-state index in [9.17, 15) is 13.2 Å². The van der Waals surface area contributed by atoms with Gasteiger partial charge in [-0.3, -0.25) is 0 Å². The number of nitrogens with two attached hydrogens (primary N) is 1. The van der Waals surface area contributed by atoms with E-state index >= 15 is 0 Å². The molecule has 0 spiro atoms. The third-order valence-electron chi connectivity index (χ3n) is 2.87. The van der Waals surface area contributed by atoms with Crippen LogP contribution in [0.1, 0.15) is 18.1 Å². The molecule has 5 heteroatoms. The second-order valence-corrected chi connectivity index (χ2v) is 4.27. The Balaban J connectivity index is 2.27. The molecule has 2 nitrogen and oxygen atoms in total. The van der Waals surface area contributed by atoms with Gasteiger partial charge in [0.2, 0.25) is 5.82 Å². The third-order valence-corrected chi connectivity index (χ3v) is 2.87. The molecule has 0 saturated heterocycles. The number of halogens is 3. The molecule has 2 aromatic rings. The highest BCUT2D eigenvalue weighted by molar-refractivity contribution is 5.28. The molecule has 0 fully saturated rings. The minimum atomic E-state index is -1.54. The lowest BCUT2D eigenvalue weighted by Crippen LogP contribution is -2.14. The molecule has 0 aromatic heterocycles. The van der Waals surface area contributed by atoms with Gasteiger partial charge < -0.3 is 10.5 Å². The quantitative estimate of drug-likeness (QED) is 0.850. The highest BCUT2D eigenvalue weighted by atomic mass is 19.2. The first kappa shape index (κ1) is 14.4. The van der Waals surface area contributed by atoms with Crippen LogP contribution in [0.3, 0.4) is 0 Å². The molecule has 2 N–H and O–H groups in total. The number of rotatable bonds is 5. The first-order valence-electron chi connectivity index (χ1n) is 6.18.